The van der Waals surface area contributed by atoms with Gasteiger partial charge in [0.25, 0.3) is 0 Å². The number of amides is 3. The molecule has 8 rings (SSSR count). The van der Waals surface area contributed by atoms with E-state index in [1.54, 1.807) is 6.26 Å². The summed E-state index contributed by atoms with van der Waals surface area (Å²) in [5.74, 6) is 1.02. The smallest absolute Gasteiger partial charge is 0.248 e. The average Bonchev–Trinajstić information content (AvgIpc) is 3.25. The molecule has 7 aliphatic rings. The molecule has 4 saturated heterocycles. The summed E-state index contributed by atoms with van der Waals surface area (Å²) in [6.07, 6.45) is 5.09. The SMILES string of the molecule is C[C@@H]1C[C@@]23C[C@H]4C(C)(C)[C@@]5(C[C@]4(CN2C1=O)N(C)C3=O)C(=O)Nc1c5ccc2c1OC=CC(C)(C)O2. The number of carbonyl (C=O) groups is 3. The zero-order valence-electron chi connectivity index (χ0n) is 21.7. The van der Waals surface area contributed by atoms with Gasteiger partial charge >= 0.3 is 0 Å². The van der Waals surface area contributed by atoms with Crippen LogP contribution in [0.15, 0.2) is 24.5 Å². The summed E-state index contributed by atoms with van der Waals surface area (Å²) < 4.78 is 12.2. The van der Waals surface area contributed by atoms with E-state index in [4.69, 9.17) is 9.47 Å². The Hall–Kier alpha value is -3.03. The van der Waals surface area contributed by atoms with Gasteiger partial charge in [0.2, 0.25) is 17.7 Å². The maximum atomic E-state index is 14.1. The molecule has 1 aliphatic carbocycles. The van der Waals surface area contributed by atoms with E-state index in [0.29, 0.717) is 43.0 Å². The Morgan fingerprint density at radius 3 is 2.58 bits per heavy atom. The molecule has 1 N–H and O–H groups in total. The number of nitrogens with zero attached hydrogens (tertiary/aromatic N) is 2. The lowest BCUT2D eigenvalue weighted by atomic mass is 9.57. The molecule has 8 heteroatoms. The van der Waals surface area contributed by atoms with Crippen LogP contribution in [0.4, 0.5) is 5.69 Å². The Labute approximate surface area is 211 Å². The van der Waals surface area contributed by atoms with E-state index in [0.717, 1.165) is 5.56 Å². The quantitative estimate of drug-likeness (QED) is 0.602. The molecule has 1 aromatic rings. The summed E-state index contributed by atoms with van der Waals surface area (Å²) in [5, 5.41) is 3.16. The number of hydrogen-bond donors (Lipinski definition) is 1. The third kappa shape index (κ3) is 2.14. The highest BCUT2D eigenvalue weighted by Gasteiger charge is 2.80. The number of likely N-dealkylation sites (N-methyl/N-ethyl adjacent to an activating group) is 1. The van der Waals surface area contributed by atoms with Crippen molar-refractivity contribution in [2.45, 2.75) is 76.0 Å². The molecule has 1 saturated carbocycles. The number of nitrogens with one attached hydrogen (secondary N) is 1. The minimum absolute atomic E-state index is 0.0280. The van der Waals surface area contributed by atoms with Crippen molar-refractivity contribution in [3.05, 3.63) is 30.0 Å². The molecule has 0 unspecified atom stereocenters. The summed E-state index contributed by atoms with van der Waals surface area (Å²) in [7, 11) is 1.88. The van der Waals surface area contributed by atoms with Crippen molar-refractivity contribution in [3.8, 4) is 11.5 Å². The van der Waals surface area contributed by atoms with Gasteiger partial charge in [-0.2, -0.15) is 0 Å². The van der Waals surface area contributed by atoms with Crippen molar-refractivity contribution in [2.75, 3.05) is 18.9 Å². The van der Waals surface area contributed by atoms with Crippen LogP contribution in [-0.4, -0.2) is 57.8 Å². The first-order chi connectivity index (χ1) is 16.8. The van der Waals surface area contributed by atoms with Crippen molar-refractivity contribution in [3.63, 3.8) is 0 Å². The topological polar surface area (TPSA) is 88.2 Å². The molecule has 3 spiro atoms. The van der Waals surface area contributed by atoms with Gasteiger partial charge in [0.15, 0.2) is 11.5 Å². The molecule has 0 radical (unpaired) electrons. The Morgan fingerprint density at radius 1 is 1.08 bits per heavy atom. The van der Waals surface area contributed by atoms with Crippen LogP contribution in [0.5, 0.6) is 11.5 Å². The number of ether oxygens (including phenoxy) is 2. The van der Waals surface area contributed by atoms with Crippen LogP contribution < -0.4 is 14.8 Å². The number of hydrogen-bond acceptors (Lipinski definition) is 5. The molecule has 5 fully saturated rings. The summed E-state index contributed by atoms with van der Waals surface area (Å²) in [5.41, 5.74) is -1.75. The Bertz CT molecular complexity index is 1320. The van der Waals surface area contributed by atoms with Crippen molar-refractivity contribution >= 4 is 23.4 Å². The maximum absolute atomic E-state index is 14.1. The standard InChI is InChI=1S/C28H33N3O5/c1-15-11-26-12-18-25(4,5)28(13-27(18,30(6)23(26)34)14-31(26)21(15)32)16-7-8-17-20(19(16)29-22(28)33)35-10-9-24(2,3)36-17/h7-10,15,18H,11-14H2,1-6H3,(H,29,33)/t15-,18+,26+,27-,28-/m1/s1. The van der Waals surface area contributed by atoms with E-state index < -0.39 is 27.5 Å². The molecule has 8 nitrogen and oxygen atoms in total. The highest BCUT2D eigenvalue weighted by molar-refractivity contribution is 6.10. The van der Waals surface area contributed by atoms with Gasteiger partial charge in [-0.05, 0) is 62.1 Å². The third-order valence-electron chi connectivity index (χ3n) is 10.6. The fourth-order valence-corrected chi connectivity index (χ4v) is 8.85. The van der Waals surface area contributed by atoms with Crippen LogP contribution in [0.1, 0.15) is 59.4 Å². The van der Waals surface area contributed by atoms with Gasteiger partial charge in [-0.25, -0.2) is 0 Å². The maximum Gasteiger partial charge on any atom is 0.248 e. The number of piperidine rings is 2. The number of fused-ring (bicyclic) bond motifs is 5. The van der Waals surface area contributed by atoms with Gasteiger partial charge in [0.05, 0.1) is 22.9 Å². The largest absolute Gasteiger partial charge is 0.480 e. The van der Waals surface area contributed by atoms with Crippen molar-refractivity contribution in [1.29, 1.82) is 0 Å². The molecule has 0 aromatic heterocycles. The van der Waals surface area contributed by atoms with E-state index in [-0.39, 0.29) is 29.6 Å². The molecule has 190 valence electrons. The van der Waals surface area contributed by atoms with Crippen LogP contribution in [0.25, 0.3) is 0 Å². The van der Waals surface area contributed by atoms with Crippen molar-refractivity contribution < 1.29 is 23.9 Å². The number of benzene rings is 1. The monoisotopic (exact) mass is 491 g/mol. The van der Waals surface area contributed by atoms with Crippen molar-refractivity contribution in [2.24, 2.45) is 17.3 Å². The number of rotatable bonds is 0. The van der Waals surface area contributed by atoms with Crippen LogP contribution in [0.3, 0.4) is 0 Å². The lowest BCUT2D eigenvalue weighted by Gasteiger charge is -2.63. The minimum Gasteiger partial charge on any atom is -0.480 e. The number of piperazine rings is 1. The predicted molar refractivity (Wildman–Crippen MR) is 131 cm³/mol. The summed E-state index contributed by atoms with van der Waals surface area (Å²) >= 11 is 0. The molecule has 6 heterocycles. The Balaban J connectivity index is 1.41. The normalized spacial score (nSPS) is 40.3. The van der Waals surface area contributed by atoms with E-state index >= 15 is 0 Å². The van der Waals surface area contributed by atoms with Gasteiger partial charge in [-0.3, -0.25) is 14.4 Å². The molecule has 5 atom stereocenters. The zero-order chi connectivity index (χ0) is 25.6. The number of anilines is 1. The molecular formula is C28H33N3O5. The van der Waals surface area contributed by atoms with E-state index in [2.05, 4.69) is 19.2 Å². The molecule has 1 aromatic carbocycles. The van der Waals surface area contributed by atoms with Crippen LogP contribution in [-0.2, 0) is 19.8 Å². The van der Waals surface area contributed by atoms with E-state index in [9.17, 15) is 14.4 Å². The average molecular weight is 492 g/mol. The highest BCUT2D eigenvalue weighted by atomic mass is 16.5. The van der Waals surface area contributed by atoms with Gasteiger partial charge in [-0.1, -0.05) is 26.8 Å². The second-order valence-electron chi connectivity index (χ2n) is 13.0. The lowest BCUT2D eigenvalue weighted by Crippen LogP contribution is -2.79. The van der Waals surface area contributed by atoms with Crippen LogP contribution >= 0.6 is 0 Å². The highest BCUT2D eigenvalue weighted by Crippen LogP contribution is 2.72. The fourth-order valence-electron chi connectivity index (χ4n) is 8.85. The van der Waals surface area contributed by atoms with E-state index in [1.165, 1.54) is 0 Å². The van der Waals surface area contributed by atoms with Crippen molar-refractivity contribution in [1.82, 2.24) is 9.80 Å². The first kappa shape index (κ1) is 22.2. The summed E-state index contributed by atoms with van der Waals surface area (Å²) in [6, 6.07) is 3.89. The fraction of sp³-hybridized carbons (Fsp3) is 0.607. The first-order valence-electron chi connectivity index (χ1n) is 12.9. The predicted octanol–water partition coefficient (Wildman–Crippen LogP) is 3.21. The molecule has 2 bridgehead atoms. The summed E-state index contributed by atoms with van der Waals surface area (Å²) in [6.45, 7) is 10.7. The van der Waals surface area contributed by atoms with Crippen LogP contribution in [0.2, 0.25) is 0 Å². The first-order valence-corrected chi connectivity index (χ1v) is 12.9. The molecule has 3 amide bonds. The lowest BCUT2D eigenvalue weighted by molar-refractivity contribution is -0.188. The molecular weight excluding hydrogens is 458 g/mol. The second kappa shape index (κ2) is 6.09. The van der Waals surface area contributed by atoms with Gasteiger partial charge in [-0.15, -0.1) is 0 Å². The summed E-state index contributed by atoms with van der Waals surface area (Å²) in [4.78, 5) is 44.9. The van der Waals surface area contributed by atoms with Crippen LogP contribution in [0, 0.1) is 17.3 Å². The third-order valence-corrected chi connectivity index (χ3v) is 10.6. The Kier molecular flexibility index (Phi) is 3.75. The van der Waals surface area contributed by atoms with Gasteiger partial charge < -0.3 is 24.6 Å². The zero-order valence-corrected chi connectivity index (χ0v) is 21.7. The second-order valence-corrected chi connectivity index (χ2v) is 13.0. The van der Waals surface area contributed by atoms with Gasteiger partial charge in [0.1, 0.15) is 11.1 Å². The minimum atomic E-state index is -0.870. The molecule has 36 heavy (non-hydrogen) atoms. The molecule has 6 aliphatic heterocycles. The Morgan fingerprint density at radius 2 is 1.83 bits per heavy atom. The van der Waals surface area contributed by atoms with Gasteiger partial charge in [0, 0.05) is 19.5 Å². The number of carbonyl (C=O) groups excluding carboxylic acids is 3. The van der Waals surface area contributed by atoms with E-state index in [1.807, 2.05) is 55.8 Å².